The van der Waals surface area contributed by atoms with Gasteiger partial charge in [-0.25, -0.2) is 4.98 Å². The first-order valence-corrected chi connectivity index (χ1v) is 10.1. The van der Waals surface area contributed by atoms with E-state index >= 15 is 0 Å². The van der Waals surface area contributed by atoms with Crippen molar-refractivity contribution < 1.29 is 45.7 Å². The number of hydrogen-bond acceptors (Lipinski definition) is 5. The lowest BCUT2D eigenvalue weighted by Crippen LogP contribution is -2.46. The fourth-order valence-corrected chi connectivity index (χ4v) is 4.08. The molecule has 1 aliphatic carbocycles. The number of hydrogen-bond donors (Lipinski definition) is 1. The van der Waals surface area contributed by atoms with Crippen LogP contribution in [0, 0.1) is 5.41 Å². The second kappa shape index (κ2) is 8.69. The highest BCUT2D eigenvalue weighted by molar-refractivity contribution is 5.99. The van der Waals surface area contributed by atoms with Crippen LogP contribution in [0.25, 0.3) is 0 Å². The van der Waals surface area contributed by atoms with Crippen LogP contribution in [0.2, 0.25) is 0 Å². The molecule has 2 fully saturated rings. The highest BCUT2D eigenvalue weighted by Gasteiger charge is 2.52. The Morgan fingerprint density at radius 3 is 2.31 bits per heavy atom. The number of aliphatic hydroxyl groups is 1. The summed E-state index contributed by atoms with van der Waals surface area (Å²) in [6.45, 7) is -0.672. The minimum Gasteiger partial charge on any atom is -0.465 e. The predicted octanol–water partition coefficient (Wildman–Crippen LogP) is 4.02. The number of nitrogens with zero attached hydrogens (tertiary/aromatic N) is 2. The van der Waals surface area contributed by atoms with E-state index in [0.29, 0.717) is 31.5 Å². The molecular formula is C20H24F6N2O4. The van der Waals surface area contributed by atoms with Gasteiger partial charge in [0.25, 0.3) is 0 Å². The summed E-state index contributed by atoms with van der Waals surface area (Å²) in [6.07, 6.45) is -8.42. The van der Waals surface area contributed by atoms with E-state index in [4.69, 9.17) is 4.74 Å². The largest absolute Gasteiger partial charge is 0.465 e. The molecule has 0 bridgehead atoms. The van der Waals surface area contributed by atoms with Crippen molar-refractivity contribution in [3.8, 4) is 5.88 Å². The van der Waals surface area contributed by atoms with Crippen molar-refractivity contribution in [1.82, 2.24) is 4.98 Å². The summed E-state index contributed by atoms with van der Waals surface area (Å²) in [4.78, 5) is 18.4. The van der Waals surface area contributed by atoms with Crippen molar-refractivity contribution >= 4 is 11.6 Å². The van der Waals surface area contributed by atoms with Crippen LogP contribution in [-0.4, -0.2) is 59.8 Å². The van der Waals surface area contributed by atoms with Gasteiger partial charge in [0.2, 0.25) is 11.8 Å². The van der Waals surface area contributed by atoms with E-state index in [2.05, 4.69) is 9.72 Å². The van der Waals surface area contributed by atoms with Crippen LogP contribution in [0.3, 0.4) is 0 Å². The Morgan fingerprint density at radius 1 is 1.12 bits per heavy atom. The topological polar surface area (TPSA) is 71.9 Å². The summed E-state index contributed by atoms with van der Waals surface area (Å²) in [5.41, 5.74) is -1.75. The van der Waals surface area contributed by atoms with E-state index in [1.807, 2.05) is 0 Å². The smallest absolute Gasteiger partial charge is 0.425 e. The van der Waals surface area contributed by atoms with Crippen molar-refractivity contribution in [3.63, 3.8) is 0 Å². The van der Waals surface area contributed by atoms with Gasteiger partial charge in [-0.2, -0.15) is 26.3 Å². The Morgan fingerprint density at radius 2 is 1.78 bits per heavy atom. The molecule has 1 amide bonds. The summed E-state index contributed by atoms with van der Waals surface area (Å²) in [5, 5.41) is 10.5. The lowest BCUT2D eigenvalue weighted by Gasteiger charge is -2.40. The molecule has 1 N–H and O–H groups in total. The zero-order valence-electron chi connectivity index (χ0n) is 17.3. The maximum Gasteiger partial charge on any atom is 0.425 e. The first-order valence-electron chi connectivity index (χ1n) is 10.1. The van der Waals surface area contributed by atoms with Gasteiger partial charge in [0, 0.05) is 12.6 Å². The Bertz CT molecular complexity index is 804. The number of carbonyl (C=O) groups excluding carboxylic acids is 1. The number of aromatic nitrogens is 1. The zero-order chi connectivity index (χ0) is 23.8. The number of rotatable bonds is 6. The highest BCUT2D eigenvalue weighted by atomic mass is 19.4. The van der Waals surface area contributed by atoms with Crippen LogP contribution in [0.1, 0.15) is 39.0 Å². The molecule has 1 saturated carbocycles. The van der Waals surface area contributed by atoms with Gasteiger partial charge >= 0.3 is 12.4 Å². The average Bonchev–Trinajstić information content (AvgIpc) is 3.00. The molecule has 2 aliphatic rings. The molecule has 0 radical (unpaired) electrons. The second-order valence-electron chi connectivity index (χ2n) is 8.48. The van der Waals surface area contributed by atoms with Crippen LogP contribution < -0.4 is 9.64 Å². The normalized spacial score (nSPS) is 27.8. The minimum atomic E-state index is -4.53. The molecule has 0 aromatic carbocycles. The number of pyridine rings is 1. The summed E-state index contributed by atoms with van der Waals surface area (Å²) >= 11 is 0. The molecule has 0 unspecified atom stereocenters. The van der Waals surface area contributed by atoms with Gasteiger partial charge in [0.1, 0.15) is 6.61 Å². The molecule has 12 heteroatoms. The SMILES string of the molecule is C[C@H](Oc1ccc(N2CC[C@]3(CC[C@](O)(COCC(F)(F)F)CC3)C2=O)cn1)C(F)(F)F. The van der Waals surface area contributed by atoms with E-state index in [1.54, 1.807) is 0 Å². The second-order valence-corrected chi connectivity index (χ2v) is 8.48. The Hall–Kier alpha value is -2.08. The number of alkyl halides is 6. The van der Waals surface area contributed by atoms with Crippen molar-refractivity contribution in [2.75, 3.05) is 24.7 Å². The summed E-state index contributed by atoms with van der Waals surface area (Å²) in [6, 6.07) is 2.71. The number of carbonyl (C=O) groups is 1. The summed E-state index contributed by atoms with van der Waals surface area (Å²) in [5.74, 6) is -0.420. The molecule has 180 valence electrons. The molecule has 1 aliphatic heterocycles. The fraction of sp³-hybridized carbons (Fsp3) is 0.700. The maximum absolute atomic E-state index is 13.1. The van der Waals surface area contributed by atoms with E-state index in [0.717, 1.165) is 6.92 Å². The third-order valence-corrected chi connectivity index (χ3v) is 6.08. The first kappa shape index (κ1) is 24.6. The molecule has 3 rings (SSSR count). The number of amides is 1. The van der Waals surface area contributed by atoms with Crippen LogP contribution >= 0.6 is 0 Å². The molecule has 1 atom stereocenters. The minimum absolute atomic E-state index is 0.130. The van der Waals surface area contributed by atoms with Gasteiger partial charge in [-0.3, -0.25) is 4.79 Å². The predicted molar refractivity (Wildman–Crippen MR) is 100 cm³/mol. The van der Waals surface area contributed by atoms with Gasteiger partial charge in [-0.15, -0.1) is 0 Å². The molecule has 1 aromatic heterocycles. The molecular weight excluding hydrogens is 446 g/mol. The van der Waals surface area contributed by atoms with Crippen LogP contribution in [-0.2, 0) is 9.53 Å². The first-order chi connectivity index (χ1) is 14.7. The molecule has 1 saturated heterocycles. The van der Waals surface area contributed by atoms with E-state index in [9.17, 15) is 36.2 Å². The van der Waals surface area contributed by atoms with E-state index in [1.165, 1.54) is 23.2 Å². The fourth-order valence-electron chi connectivity index (χ4n) is 4.08. The molecule has 2 heterocycles. The van der Waals surface area contributed by atoms with Gasteiger partial charge in [-0.05, 0) is 45.1 Å². The highest BCUT2D eigenvalue weighted by Crippen LogP contribution is 2.48. The van der Waals surface area contributed by atoms with Gasteiger partial charge in [0.15, 0.2) is 6.10 Å². The monoisotopic (exact) mass is 470 g/mol. The molecule has 1 spiro atoms. The van der Waals surface area contributed by atoms with Crippen molar-refractivity contribution in [3.05, 3.63) is 18.3 Å². The van der Waals surface area contributed by atoms with E-state index in [-0.39, 0.29) is 24.6 Å². The molecule has 1 aromatic rings. The number of ether oxygens (including phenoxy) is 2. The van der Waals surface area contributed by atoms with Crippen LogP contribution in [0.4, 0.5) is 32.0 Å². The van der Waals surface area contributed by atoms with Crippen molar-refractivity contribution in [1.29, 1.82) is 0 Å². The maximum atomic E-state index is 13.1. The van der Waals surface area contributed by atoms with Gasteiger partial charge < -0.3 is 19.5 Å². The average molecular weight is 470 g/mol. The standard InChI is InChI=1S/C20H24F6N2O4/c1-13(20(24,25)26)32-15-3-2-14(10-27-15)28-9-8-17(16(28)29)4-6-18(30,7-5-17)11-31-12-19(21,22)23/h2-3,10,13,30H,4-9,11-12H2,1H3/t13-,17-,18-/m0/s1. The van der Waals surface area contributed by atoms with Gasteiger partial charge in [0.05, 0.1) is 29.5 Å². The van der Waals surface area contributed by atoms with Gasteiger partial charge in [-0.1, -0.05) is 0 Å². The molecule has 32 heavy (non-hydrogen) atoms. The lowest BCUT2D eigenvalue weighted by molar-refractivity contribution is -0.191. The third kappa shape index (κ3) is 5.64. The Balaban J connectivity index is 1.58. The Labute approximate surface area is 180 Å². The number of halogens is 6. The Kier molecular flexibility index (Phi) is 6.67. The molecule has 6 nitrogen and oxygen atoms in total. The summed E-state index contributed by atoms with van der Waals surface area (Å²) < 4.78 is 83.9. The van der Waals surface area contributed by atoms with Crippen LogP contribution in [0.5, 0.6) is 5.88 Å². The zero-order valence-corrected chi connectivity index (χ0v) is 17.3. The lowest BCUT2D eigenvalue weighted by atomic mass is 9.68. The summed E-state index contributed by atoms with van der Waals surface area (Å²) in [7, 11) is 0. The van der Waals surface area contributed by atoms with E-state index < -0.39 is 42.7 Å². The number of anilines is 1. The third-order valence-electron chi connectivity index (χ3n) is 6.08. The quantitative estimate of drug-likeness (QED) is 0.636. The van der Waals surface area contributed by atoms with Crippen LogP contribution in [0.15, 0.2) is 18.3 Å². The van der Waals surface area contributed by atoms with Crippen molar-refractivity contribution in [2.24, 2.45) is 5.41 Å². The van der Waals surface area contributed by atoms with Crippen molar-refractivity contribution in [2.45, 2.75) is 63.1 Å².